The molecule has 0 atom stereocenters. The predicted octanol–water partition coefficient (Wildman–Crippen LogP) is 2.60. The van der Waals surface area contributed by atoms with E-state index in [2.05, 4.69) is 40.7 Å². The average molecular weight is 384 g/mol. The van der Waals surface area contributed by atoms with Crippen molar-refractivity contribution in [2.24, 2.45) is 0 Å². The molecule has 2 N–H and O–H groups in total. The van der Waals surface area contributed by atoms with Gasteiger partial charge in [0.1, 0.15) is 5.82 Å². The van der Waals surface area contributed by atoms with E-state index in [1.54, 1.807) is 6.07 Å². The molecule has 0 spiro atoms. The van der Waals surface area contributed by atoms with Crippen molar-refractivity contribution in [1.29, 1.82) is 0 Å². The highest BCUT2D eigenvalue weighted by atomic mass is 19.1. The summed E-state index contributed by atoms with van der Waals surface area (Å²) in [7, 11) is 0. The summed E-state index contributed by atoms with van der Waals surface area (Å²) < 4.78 is 13.5. The zero-order valence-corrected chi connectivity index (χ0v) is 16.0. The molecule has 1 aliphatic rings. The van der Waals surface area contributed by atoms with Gasteiger partial charge >= 0.3 is 6.03 Å². The molecule has 28 heavy (non-hydrogen) atoms. The molecular weight excluding hydrogens is 359 g/mol. The monoisotopic (exact) mass is 384 g/mol. The fraction of sp³-hybridized carbons (Fsp3) is 0.333. The first-order valence-electron chi connectivity index (χ1n) is 9.36. The summed E-state index contributed by atoms with van der Waals surface area (Å²) in [6.07, 6.45) is 0. The second-order valence-electron chi connectivity index (χ2n) is 6.96. The molecule has 3 amide bonds. The highest BCUT2D eigenvalue weighted by Crippen LogP contribution is 2.13. The van der Waals surface area contributed by atoms with Crippen LogP contribution in [0.1, 0.15) is 11.1 Å². The van der Waals surface area contributed by atoms with Gasteiger partial charge in [-0.1, -0.05) is 36.4 Å². The zero-order valence-electron chi connectivity index (χ0n) is 16.0. The number of carbonyl (C=O) groups excluding carboxylic acids is 2. The number of nitrogens with one attached hydrogen (secondary N) is 2. The number of nitrogens with zero attached hydrogens (tertiary/aromatic N) is 2. The molecule has 0 aliphatic carbocycles. The van der Waals surface area contributed by atoms with E-state index in [1.165, 1.54) is 29.3 Å². The number of piperazine rings is 1. The third-order valence-electron chi connectivity index (χ3n) is 4.86. The van der Waals surface area contributed by atoms with Gasteiger partial charge in [-0.15, -0.1) is 0 Å². The van der Waals surface area contributed by atoms with Crippen LogP contribution in [0.2, 0.25) is 0 Å². The van der Waals surface area contributed by atoms with Crippen molar-refractivity contribution in [3.8, 4) is 0 Å². The maximum absolute atomic E-state index is 13.5. The number of urea groups is 1. The van der Waals surface area contributed by atoms with Gasteiger partial charge in [-0.05, 0) is 30.2 Å². The molecule has 1 heterocycles. The minimum absolute atomic E-state index is 0.0395. The average Bonchev–Trinajstić information content (AvgIpc) is 2.67. The molecule has 148 valence electrons. The largest absolute Gasteiger partial charge is 0.326 e. The second-order valence-corrected chi connectivity index (χ2v) is 6.96. The van der Waals surface area contributed by atoms with E-state index in [0.717, 1.165) is 32.7 Å². The van der Waals surface area contributed by atoms with Crippen molar-refractivity contribution in [1.82, 2.24) is 15.1 Å². The standard InChI is InChI=1S/C21H25FN4O2/c1-16-6-2-3-7-17(16)14-25-10-12-26(13-11-25)15-20(27)24-21(28)23-19-9-5-4-8-18(19)22/h2-9H,10-15H2,1H3,(H2,23,24,27,28). The van der Waals surface area contributed by atoms with Crippen LogP contribution in [0.25, 0.3) is 0 Å². The molecular formula is C21H25FN4O2. The van der Waals surface area contributed by atoms with E-state index in [1.807, 2.05) is 11.0 Å². The van der Waals surface area contributed by atoms with Crippen molar-refractivity contribution in [2.45, 2.75) is 13.5 Å². The van der Waals surface area contributed by atoms with Crippen LogP contribution in [0.5, 0.6) is 0 Å². The van der Waals surface area contributed by atoms with Gasteiger partial charge in [-0.2, -0.15) is 0 Å². The van der Waals surface area contributed by atoms with E-state index in [4.69, 9.17) is 0 Å². The number of imide groups is 1. The zero-order chi connectivity index (χ0) is 19.9. The third kappa shape index (κ3) is 5.61. The lowest BCUT2D eigenvalue weighted by atomic mass is 10.1. The number of benzene rings is 2. The van der Waals surface area contributed by atoms with Gasteiger partial charge in [0.15, 0.2) is 0 Å². The van der Waals surface area contributed by atoms with E-state index in [0.29, 0.717) is 0 Å². The van der Waals surface area contributed by atoms with Crippen LogP contribution in [0.4, 0.5) is 14.9 Å². The Morgan fingerprint density at radius 2 is 1.61 bits per heavy atom. The van der Waals surface area contributed by atoms with E-state index < -0.39 is 17.8 Å². The summed E-state index contributed by atoms with van der Waals surface area (Å²) in [5.74, 6) is -0.948. The minimum atomic E-state index is -0.728. The summed E-state index contributed by atoms with van der Waals surface area (Å²) in [4.78, 5) is 28.3. The third-order valence-corrected chi connectivity index (χ3v) is 4.86. The minimum Gasteiger partial charge on any atom is -0.305 e. The molecule has 2 aromatic rings. The van der Waals surface area contributed by atoms with Gasteiger partial charge in [0.05, 0.1) is 12.2 Å². The van der Waals surface area contributed by atoms with Crippen molar-refractivity contribution in [2.75, 3.05) is 38.0 Å². The van der Waals surface area contributed by atoms with E-state index in [-0.39, 0.29) is 12.2 Å². The SMILES string of the molecule is Cc1ccccc1CN1CCN(CC(=O)NC(=O)Nc2ccccc2F)CC1. The van der Waals surface area contributed by atoms with Crippen LogP contribution < -0.4 is 10.6 Å². The van der Waals surface area contributed by atoms with Crippen molar-refractivity contribution in [3.05, 3.63) is 65.5 Å². The Morgan fingerprint density at radius 3 is 2.32 bits per heavy atom. The van der Waals surface area contributed by atoms with Gasteiger partial charge in [0, 0.05) is 32.7 Å². The molecule has 0 bridgehead atoms. The Bertz CT molecular complexity index is 835. The maximum Gasteiger partial charge on any atom is 0.326 e. The number of rotatable bonds is 5. The van der Waals surface area contributed by atoms with Gasteiger partial charge in [-0.25, -0.2) is 9.18 Å². The van der Waals surface area contributed by atoms with Crippen LogP contribution in [-0.2, 0) is 11.3 Å². The molecule has 0 radical (unpaired) electrons. The van der Waals surface area contributed by atoms with Crippen LogP contribution >= 0.6 is 0 Å². The topological polar surface area (TPSA) is 64.7 Å². The summed E-state index contributed by atoms with van der Waals surface area (Å²) >= 11 is 0. The summed E-state index contributed by atoms with van der Waals surface area (Å²) in [5.41, 5.74) is 2.64. The molecule has 3 rings (SSSR count). The van der Waals surface area contributed by atoms with Crippen LogP contribution in [0, 0.1) is 12.7 Å². The molecule has 0 unspecified atom stereocenters. The van der Waals surface area contributed by atoms with Crippen molar-refractivity contribution >= 4 is 17.6 Å². The molecule has 2 aromatic carbocycles. The Balaban J connectivity index is 1.40. The normalized spacial score (nSPS) is 15.2. The highest BCUT2D eigenvalue weighted by Gasteiger charge is 2.20. The van der Waals surface area contributed by atoms with Gasteiger partial charge in [0.2, 0.25) is 5.91 Å². The number of hydrogen-bond donors (Lipinski definition) is 2. The number of amides is 3. The molecule has 1 aliphatic heterocycles. The summed E-state index contributed by atoms with van der Waals surface area (Å²) in [6, 6.07) is 13.4. The number of para-hydroxylation sites is 1. The number of aryl methyl sites for hydroxylation is 1. The van der Waals surface area contributed by atoms with Crippen LogP contribution in [0.3, 0.4) is 0 Å². The first-order valence-corrected chi connectivity index (χ1v) is 9.36. The Kier molecular flexibility index (Phi) is 6.73. The first-order chi connectivity index (χ1) is 13.5. The number of halogens is 1. The lowest BCUT2D eigenvalue weighted by Crippen LogP contribution is -2.50. The fourth-order valence-corrected chi connectivity index (χ4v) is 3.22. The molecule has 7 heteroatoms. The smallest absolute Gasteiger partial charge is 0.305 e. The van der Waals surface area contributed by atoms with E-state index >= 15 is 0 Å². The molecule has 0 saturated carbocycles. The van der Waals surface area contributed by atoms with E-state index in [9.17, 15) is 14.0 Å². The fourth-order valence-electron chi connectivity index (χ4n) is 3.22. The second kappa shape index (κ2) is 9.43. The quantitative estimate of drug-likeness (QED) is 0.832. The molecule has 1 saturated heterocycles. The van der Waals surface area contributed by atoms with Crippen LogP contribution in [0.15, 0.2) is 48.5 Å². The van der Waals surface area contributed by atoms with Crippen LogP contribution in [-0.4, -0.2) is 54.5 Å². The predicted molar refractivity (Wildman–Crippen MR) is 106 cm³/mol. The maximum atomic E-state index is 13.5. The van der Waals surface area contributed by atoms with Gasteiger partial charge in [-0.3, -0.25) is 19.9 Å². The highest BCUT2D eigenvalue weighted by molar-refractivity contribution is 6.01. The molecule has 1 fully saturated rings. The number of carbonyl (C=O) groups is 2. The summed E-state index contributed by atoms with van der Waals surface area (Å²) in [6.45, 7) is 6.40. The lowest BCUT2D eigenvalue weighted by molar-refractivity contribution is -0.121. The van der Waals surface area contributed by atoms with Crippen molar-refractivity contribution in [3.63, 3.8) is 0 Å². The Hall–Kier alpha value is -2.77. The Morgan fingerprint density at radius 1 is 0.964 bits per heavy atom. The number of anilines is 1. The van der Waals surface area contributed by atoms with Crippen molar-refractivity contribution < 1.29 is 14.0 Å². The van der Waals surface area contributed by atoms with Gasteiger partial charge in [0.25, 0.3) is 0 Å². The summed E-state index contributed by atoms with van der Waals surface area (Å²) in [5, 5.41) is 4.60. The lowest BCUT2D eigenvalue weighted by Gasteiger charge is -2.34. The van der Waals surface area contributed by atoms with Gasteiger partial charge < -0.3 is 5.32 Å². The first kappa shape index (κ1) is 20.0. The molecule has 6 nitrogen and oxygen atoms in total. The number of hydrogen-bond acceptors (Lipinski definition) is 4. The molecule has 0 aromatic heterocycles. The Labute approximate surface area is 164 Å².